The standard InChI is InChI=1S/C14H15N3O/c1-10-4-6-17(7-5-10)14(18)11-2-3-12-9-15-16-13(12)8-11/h2-4,8-9H,5-7H2,1H3,(H,15,16). The third-order valence-corrected chi connectivity index (χ3v) is 3.41. The van der Waals surface area contributed by atoms with Crippen LogP contribution in [-0.4, -0.2) is 34.1 Å². The number of nitrogens with zero attached hydrogens (tertiary/aromatic N) is 2. The molecule has 92 valence electrons. The van der Waals surface area contributed by atoms with Crippen molar-refractivity contribution in [2.24, 2.45) is 0 Å². The number of fused-ring (bicyclic) bond motifs is 1. The van der Waals surface area contributed by atoms with Crippen molar-refractivity contribution in [3.8, 4) is 0 Å². The molecule has 1 amide bonds. The Morgan fingerprint density at radius 3 is 3.11 bits per heavy atom. The highest BCUT2D eigenvalue weighted by Crippen LogP contribution is 2.17. The summed E-state index contributed by atoms with van der Waals surface area (Å²) in [5.41, 5.74) is 2.99. The minimum Gasteiger partial charge on any atom is -0.335 e. The van der Waals surface area contributed by atoms with Gasteiger partial charge in [-0.1, -0.05) is 17.7 Å². The van der Waals surface area contributed by atoms with Gasteiger partial charge < -0.3 is 4.90 Å². The summed E-state index contributed by atoms with van der Waals surface area (Å²) in [6, 6.07) is 5.66. The number of carbonyl (C=O) groups excluding carboxylic acids is 1. The van der Waals surface area contributed by atoms with Crippen molar-refractivity contribution in [2.75, 3.05) is 13.1 Å². The van der Waals surface area contributed by atoms with Gasteiger partial charge in [-0.25, -0.2) is 0 Å². The van der Waals surface area contributed by atoms with Crippen molar-refractivity contribution < 1.29 is 4.79 Å². The van der Waals surface area contributed by atoms with E-state index < -0.39 is 0 Å². The minimum absolute atomic E-state index is 0.0928. The normalized spacial score (nSPS) is 15.8. The number of amides is 1. The average molecular weight is 241 g/mol. The lowest BCUT2D eigenvalue weighted by molar-refractivity contribution is 0.0769. The van der Waals surface area contributed by atoms with Gasteiger partial charge in [0.25, 0.3) is 5.91 Å². The van der Waals surface area contributed by atoms with E-state index in [1.165, 1.54) is 5.57 Å². The van der Waals surface area contributed by atoms with E-state index in [4.69, 9.17) is 0 Å². The van der Waals surface area contributed by atoms with E-state index >= 15 is 0 Å². The Hall–Kier alpha value is -2.10. The molecule has 0 radical (unpaired) electrons. The summed E-state index contributed by atoms with van der Waals surface area (Å²) in [6.07, 6.45) is 4.85. The zero-order chi connectivity index (χ0) is 12.5. The van der Waals surface area contributed by atoms with E-state index in [0.29, 0.717) is 6.54 Å². The van der Waals surface area contributed by atoms with Crippen molar-refractivity contribution >= 4 is 16.8 Å². The van der Waals surface area contributed by atoms with Gasteiger partial charge >= 0.3 is 0 Å². The van der Waals surface area contributed by atoms with E-state index in [1.807, 2.05) is 23.1 Å². The lowest BCUT2D eigenvalue weighted by Gasteiger charge is -2.25. The number of aromatic amines is 1. The summed E-state index contributed by atoms with van der Waals surface area (Å²) >= 11 is 0. The number of aromatic nitrogens is 2. The molecular formula is C14H15N3O. The maximum absolute atomic E-state index is 12.3. The Balaban J connectivity index is 1.87. The summed E-state index contributed by atoms with van der Waals surface area (Å²) in [5.74, 6) is 0.0928. The number of carbonyl (C=O) groups is 1. The Morgan fingerprint density at radius 2 is 2.33 bits per heavy atom. The molecule has 0 saturated heterocycles. The van der Waals surface area contributed by atoms with Crippen molar-refractivity contribution in [1.29, 1.82) is 0 Å². The molecule has 0 bridgehead atoms. The zero-order valence-corrected chi connectivity index (χ0v) is 10.3. The largest absolute Gasteiger partial charge is 0.335 e. The van der Waals surface area contributed by atoms with E-state index in [-0.39, 0.29) is 5.91 Å². The van der Waals surface area contributed by atoms with Gasteiger partial charge in [0.1, 0.15) is 0 Å². The number of hydrogen-bond donors (Lipinski definition) is 1. The average Bonchev–Trinajstić information content (AvgIpc) is 2.86. The minimum atomic E-state index is 0.0928. The summed E-state index contributed by atoms with van der Waals surface area (Å²) < 4.78 is 0. The van der Waals surface area contributed by atoms with Crippen molar-refractivity contribution in [2.45, 2.75) is 13.3 Å². The van der Waals surface area contributed by atoms with Crippen LogP contribution < -0.4 is 0 Å². The number of H-pyrrole nitrogens is 1. The van der Waals surface area contributed by atoms with Crippen LogP contribution in [0, 0.1) is 0 Å². The smallest absolute Gasteiger partial charge is 0.254 e. The molecule has 1 aliphatic rings. The van der Waals surface area contributed by atoms with Crippen LogP contribution in [0.4, 0.5) is 0 Å². The van der Waals surface area contributed by atoms with E-state index in [9.17, 15) is 4.79 Å². The molecule has 0 aliphatic carbocycles. The summed E-state index contributed by atoms with van der Waals surface area (Å²) in [6.45, 7) is 3.63. The number of benzene rings is 1. The molecule has 1 aliphatic heterocycles. The molecule has 2 aromatic rings. The van der Waals surface area contributed by atoms with Crippen LogP contribution in [0.5, 0.6) is 0 Å². The van der Waals surface area contributed by atoms with Crippen molar-refractivity contribution in [3.05, 3.63) is 41.6 Å². The predicted octanol–water partition coefficient (Wildman–Crippen LogP) is 2.36. The van der Waals surface area contributed by atoms with Crippen molar-refractivity contribution in [1.82, 2.24) is 15.1 Å². The fourth-order valence-electron chi connectivity index (χ4n) is 2.21. The fourth-order valence-corrected chi connectivity index (χ4v) is 2.21. The molecular weight excluding hydrogens is 226 g/mol. The van der Waals surface area contributed by atoms with Crippen LogP contribution in [0.1, 0.15) is 23.7 Å². The molecule has 1 N–H and O–H groups in total. The maximum Gasteiger partial charge on any atom is 0.254 e. The maximum atomic E-state index is 12.3. The molecule has 0 atom stereocenters. The van der Waals surface area contributed by atoms with Gasteiger partial charge in [0.15, 0.2) is 0 Å². The SMILES string of the molecule is CC1=CCN(C(=O)c2ccc3cn[nH]c3c2)CC1. The molecule has 18 heavy (non-hydrogen) atoms. The molecule has 0 spiro atoms. The van der Waals surface area contributed by atoms with Gasteiger partial charge in [-0.3, -0.25) is 9.89 Å². The number of nitrogens with one attached hydrogen (secondary N) is 1. The molecule has 0 fully saturated rings. The summed E-state index contributed by atoms with van der Waals surface area (Å²) in [7, 11) is 0. The Labute approximate surface area is 105 Å². The van der Waals surface area contributed by atoms with Gasteiger partial charge in [0, 0.05) is 24.0 Å². The molecule has 2 heterocycles. The van der Waals surface area contributed by atoms with Gasteiger partial charge in [-0.2, -0.15) is 5.10 Å². The first-order chi connectivity index (χ1) is 8.74. The van der Waals surface area contributed by atoms with Crippen LogP contribution in [-0.2, 0) is 0 Å². The Kier molecular flexibility index (Phi) is 2.63. The number of rotatable bonds is 1. The van der Waals surface area contributed by atoms with E-state index in [1.54, 1.807) is 6.20 Å². The first-order valence-electron chi connectivity index (χ1n) is 6.12. The van der Waals surface area contributed by atoms with E-state index in [2.05, 4.69) is 23.2 Å². The second kappa shape index (κ2) is 4.29. The van der Waals surface area contributed by atoms with Crippen LogP contribution in [0.2, 0.25) is 0 Å². The van der Waals surface area contributed by atoms with Gasteiger partial charge in [0.05, 0.1) is 11.7 Å². The second-order valence-electron chi connectivity index (χ2n) is 4.72. The second-order valence-corrected chi connectivity index (χ2v) is 4.72. The molecule has 1 aromatic heterocycles. The highest BCUT2D eigenvalue weighted by atomic mass is 16.2. The Morgan fingerprint density at radius 1 is 1.44 bits per heavy atom. The number of hydrogen-bond acceptors (Lipinski definition) is 2. The van der Waals surface area contributed by atoms with Crippen LogP contribution >= 0.6 is 0 Å². The summed E-state index contributed by atoms with van der Waals surface area (Å²) in [5, 5.41) is 7.89. The topological polar surface area (TPSA) is 49.0 Å². The Bertz CT molecular complexity index is 627. The zero-order valence-electron chi connectivity index (χ0n) is 10.3. The van der Waals surface area contributed by atoms with Gasteiger partial charge in [-0.15, -0.1) is 0 Å². The highest BCUT2D eigenvalue weighted by molar-refractivity contribution is 5.97. The fraction of sp³-hybridized carbons (Fsp3) is 0.286. The van der Waals surface area contributed by atoms with E-state index in [0.717, 1.165) is 29.4 Å². The van der Waals surface area contributed by atoms with Crippen LogP contribution in [0.3, 0.4) is 0 Å². The first kappa shape index (κ1) is 11.0. The monoisotopic (exact) mass is 241 g/mol. The van der Waals surface area contributed by atoms with Gasteiger partial charge in [0.2, 0.25) is 0 Å². The van der Waals surface area contributed by atoms with Gasteiger partial charge in [-0.05, 0) is 25.5 Å². The molecule has 4 heteroatoms. The van der Waals surface area contributed by atoms with Crippen LogP contribution in [0.25, 0.3) is 10.9 Å². The third kappa shape index (κ3) is 1.90. The summed E-state index contributed by atoms with van der Waals surface area (Å²) in [4.78, 5) is 14.2. The molecule has 0 saturated carbocycles. The van der Waals surface area contributed by atoms with Crippen LogP contribution in [0.15, 0.2) is 36.0 Å². The highest BCUT2D eigenvalue weighted by Gasteiger charge is 2.17. The lowest BCUT2D eigenvalue weighted by atomic mass is 10.1. The third-order valence-electron chi connectivity index (χ3n) is 3.41. The quantitative estimate of drug-likeness (QED) is 0.779. The first-order valence-corrected chi connectivity index (χ1v) is 6.12. The molecule has 4 nitrogen and oxygen atoms in total. The molecule has 3 rings (SSSR count). The van der Waals surface area contributed by atoms with Crippen molar-refractivity contribution in [3.63, 3.8) is 0 Å². The molecule has 0 unspecified atom stereocenters. The molecule has 1 aromatic carbocycles. The predicted molar refractivity (Wildman–Crippen MR) is 70.4 cm³/mol. The lowest BCUT2D eigenvalue weighted by Crippen LogP contribution is -2.34.